The summed E-state index contributed by atoms with van der Waals surface area (Å²) < 4.78 is 12.8. The molecule has 0 unspecified atom stereocenters. The summed E-state index contributed by atoms with van der Waals surface area (Å²) in [5.74, 6) is -0.272. The Labute approximate surface area is 99.9 Å². The lowest BCUT2D eigenvalue weighted by Gasteiger charge is -2.04. The fourth-order valence-corrected chi connectivity index (χ4v) is 1.63. The van der Waals surface area contributed by atoms with Crippen LogP contribution in [0.25, 0.3) is 11.6 Å². The molecule has 86 valence electrons. The van der Waals surface area contributed by atoms with E-state index in [9.17, 15) is 9.50 Å². The standard InChI is InChI=1S/C15H13FO/c16-15-8-6-13(7-9-15)14(11-17)10-12-4-2-1-3-5-12/h1-10,17H,11H2. The fourth-order valence-electron chi connectivity index (χ4n) is 1.63. The van der Waals surface area contributed by atoms with Crippen molar-refractivity contribution < 1.29 is 9.50 Å². The zero-order valence-corrected chi connectivity index (χ0v) is 9.31. The highest BCUT2D eigenvalue weighted by atomic mass is 19.1. The largest absolute Gasteiger partial charge is 0.392 e. The van der Waals surface area contributed by atoms with Crippen LogP contribution in [-0.2, 0) is 0 Å². The van der Waals surface area contributed by atoms with E-state index in [0.29, 0.717) is 0 Å². The van der Waals surface area contributed by atoms with Crippen molar-refractivity contribution in [3.63, 3.8) is 0 Å². The van der Waals surface area contributed by atoms with E-state index >= 15 is 0 Å². The number of aliphatic hydroxyl groups excluding tert-OH is 1. The Balaban J connectivity index is 2.34. The Morgan fingerprint density at radius 3 is 2.24 bits per heavy atom. The molecule has 0 aliphatic rings. The molecule has 2 aromatic carbocycles. The normalized spacial score (nSPS) is 11.5. The Bertz CT molecular complexity index is 500. The van der Waals surface area contributed by atoms with Crippen molar-refractivity contribution in [1.82, 2.24) is 0 Å². The van der Waals surface area contributed by atoms with Crippen molar-refractivity contribution >= 4 is 11.6 Å². The van der Waals surface area contributed by atoms with E-state index in [1.165, 1.54) is 12.1 Å². The minimum absolute atomic E-state index is 0.0689. The minimum Gasteiger partial charge on any atom is -0.392 e. The van der Waals surface area contributed by atoms with Gasteiger partial charge in [-0.3, -0.25) is 0 Å². The van der Waals surface area contributed by atoms with E-state index in [-0.39, 0.29) is 12.4 Å². The van der Waals surface area contributed by atoms with Crippen molar-refractivity contribution in [3.8, 4) is 0 Å². The first-order chi connectivity index (χ1) is 8.29. The van der Waals surface area contributed by atoms with Gasteiger partial charge in [0.05, 0.1) is 6.61 Å². The molecule has 0 radical (unpaired) electrons. The summed E-state index contributed by atoms with van der Waals surface area (Å²) in [5, 5.41) is 9.35. The number of rotatable bonds is 3. The molecule has 0 aliphatic carbocycles. The third kappa shape index (κ3) is 3.02. The first-order valence-electron chi connectivity index (χ1n) is 5.42. The Kier molecular flexibility index (Phi) is 3.68. The highest BCUT2D eigenvalue weighted by Gasteiger charge is 2.00. The van der Waals surface area contributed by atoms with Gasteiger partial charge in [0.1, 0.15) is 5.82 Å². The predicted molar refractivity (Wildman–Crippen MR) is 67.8 cm³/mol. The second-order valence-corrected chi connectivity index (χ2v) is 3.75. The molecule has 2 heteroatoms. The van der Waals surface area contributed by atoms with Gasteiger partial charge in [-0.2, -0.15) is 0 Å². The van der Waals surface area contributed by atoms with Crippen LogP contribution >= 0.6 is 0 Å². The maximum atomic E-state index is 12.8. The van der Waals surface area contributed by atoms with Crippen molar-refractivity contribution in [3.05, 3.63) is 71.5 Å². The summed E-state index contributed by atoms with van der Waals surface area (Å²) in [7, 11) is 0. The number of hydrogen-bond donors (Lipinski definition) is 1. The summed E-state index contributed by atoms with van der Waals surface area (Å²) in [6, 6.07) is 15.8. The van der Waals surface area contributed by atoms with Crippen LogP contribution in [-0.4, -0.2) is 11.7 Å². The summed E-state index contributed by atoms with van der Waals surface area (Å²) in [6.45, 7) is -0.0689. The van der Waals surface area contributed by atoms with Gasteiger partial charge in [0.25, 0.3) is 0 Å². The summed E-state index contributed by atoms with van der Waals surface area (Å²) in [6.07, 6.45) is 1.90. The third-order valence-corrected chi connectivity index (χ3v) is 2.53. The molecule has 0 aliphatic heterocycles. The molecule has 0 heterocycles. The lowest BCUT2D eigenvalue weighted by molar-refractivity contribution is 0.350. The zero-order chi connectivity index (χ0) is 12.1. The fraction of sp³-hybridized carbons (Fsp3) is 0.0667. The molecule has 0 fully saturated rings. The molecule has 0 saturated heterocycles. The monoisotopic (exact) mass is 228 g/mol. The van der Waals surface area contributed by atoms with Crippen LogP contribution in [0.15, 0.2) is 54.6 Å². The SMILES string of the molecule is OCC(=Cc1ccccc1)c1ccc(F)cc1. The van der Waals surface area contributed by atoms with E-state index in [4.69, 9.17) is 0 Å². The predicted octanol–water partition coefficient (Wildman–Crippen LogP) is 3.36. The van der Waals surface area contributed by atoms with Crippen LogP contribution < -0.4 is 0 Å². The van der Waals surface area contributed by atoms with Crippen molar-refractivity contribution in [1.29, 1.82) is 0 Å². The van der Waals surface area contributed by atoms with Gasteiger partial charge in [0, 0.05) is 0 Å². The Hall–Kier alpha value is -1.93. The highest BCUT2D eigenvalue weighted by molar-refractivity contribution is 5.81. The number of halogens is 1. The summed E-state index contributed by atoms with van der Waals surface area (Å²) >= 11 is 0. The van der Waals surface area contributed by atoms with Crippen molar-refractivity contribution in [2.75, 3.05) is 6.61 Å². The Morgan fingerprint density at radius 2 is 1.65 bits per heavy atom. The molecule has 0 spiro atoms. The quantitative estimate of drug-likeness (QED) is 0.799. The molecule has 0 amide bonds. The Morgan fingerprint density at radius 1 is 1.00 bits per heavy atom. The number of hydrogen-bond acceptors (Lipinski definition) is 1. The highest BCUT2D eigenvalue weighted by Crippen LogP contribution is 2.18. The van der Waals surface area contributed by atoms with Crippen LogP contribution in [0, 0.1) is 5.82 Å². The molecular formula is C15H13FO. The molecule has 0 atom stereocenters. The van der Waals surface area contributed by atoms with Gasteiger partial charge < -0.3 is 5.11 Å². The summed E-state index contributed by atoms with van der Waals surface area (Å²) in [5.41, 5.74) is 2.62. The van der Waals surface area contributed by atoms with Gasteiger partial charge >= 0.3 is 0 Å². The molecule has 2 aromatic rings. The van der Waals surface area contributed by atoms with E-state index < -0.39 is 0 Å². The van der Waals surface area contributed by atoms with Crippen molar-refractivity contribution in [2.45, 2.75) is 0 Å². The van der Waals surface area contributed by atoms with Crippen molar-refractivity contribution in [2.24, 2.45) is 0 Å². The number of benzene rings is 2. The van der Waals surface area contributed by atoms with Gasteiger partial charge in [-0.1, -0.05) is 42.5 Å². The third-order valence-electron chi connectivity index (χ3n) is 2.53. The minimum atomic E-state index is -0.272. The van der Waals surface area contributed by atoms with E-state index in [1.807, 2.05) is 36.4 Å². The molecule has 0 bridgehead atoms. The van der Waals surface area contributed by atoms with Gasteiger partial charge in [-0.15, -0.1) is 0 Å². The van der Waals surface area contributed by atoms with E-state index in [1.54, 1.807) is 12.1 Å². The van der Waals surface area contributed by atoms with Crippen LogP contribution in [0.4, 0.5) is 4.39 Å². The average molecular weight is 228 g/mol. The lowest BCUT2D eigenvalue weighted by Crippen LogP contribution is -1.90. The smallest absolute Gasteiger partial charge is 0.123 e. The van der Waals surface area contributed by atoms with Crippen LogP contribution in [0.1, 0.15) is 11.1 Å². The first-order valence-corrected chi connectivity index (χ1v) is 5.42. The van der Waals surface area contributed by atoms with Crippen LogP contribution in [0.5, 0.6) is 0 Å². The molecule has 0 aromatic heterocycles. The second-order valence-electron chi connectivity index (χ2n) is 3.75. The zero-order valence-electron chi connectivity index (χ0n) is 9.31. The van der Waals surface area contributed by atoms with E-state index in [0.717, 1.165) is 16.7 Å². The molecular weight excluding hydrogens is 215 g/mol. The molecule has 2 rings (SSSR count). The first kappa shape index (κ1) is 11.6. The van der Waals surface area contributed by atoms with Gasteiger partial charge in [0.15, 0.2) is 0 Å². The molecule has 17 heavy (non-hydrogen) atoms. The summed E-state index contributed by atoms with van der Waals surface area (Å²) in [4.78, 5) is 0. The van der Waals surface area contributed by atoms with Crippen LogP contribution in [0.3, 0.4) is 0 Å². The van der Waals surface area contributed by atoms with Crippen LogP contribution in [0.2, 0.25) is 0 Å². The lowest BCUT2D eigenvalue weighted by atomic mass is 10.0. The topological polar surface area (TPSA) is 20.2 Å². The van der Waals surface area contributed by atoms with Gasteiger partial charge in [-0.25, -0.2) is 4.39 Å². The van der Waals surface area contributed by atoms with E-state index in [2.05, 4.69) is 0 Å². The average Bonchev–Trinajstić information content (AvgIpc) is 2.38. The van der Waals surface area contributed by atoms with Gasteiger partial charge in [0.2, 0.25) is 0 Å². The molecule has 1 nitrogen and oxygen atoms in total. The molecule has 1 N–H and O–H groups in total. The maximum Gasteiger partial charge on any atom is 0.123 e. The number of aliphatic hydroxyl groups is 1. The second kappa shape index (κ2) is 5.41. The molecule has 0 saturated carbocycles. The maximum absolute atomic E-state index is 12.8. The van der Waals surface area contributed by atoms with Gasteiger partial charge in [-0.05, 0) is 34.9 Å².